The number of carbonyl (C=O) groups excluding carboxylic acids is 1. The summed E-state index contributed by atoms with van der Waals surface area (Å²) in [6, 6.07) is 7.94. The minimum absolute atomic E-state index is 0.0883. The van der Waals surface area contributed by atoms with Crippen LogP contribution in [0.1, 0.15) is 37.0 Å². The van der Waals surface area contributed by atoms with Crippen LogP contribution in [0.25, 0.3) is 17.4 Å². The Labute approximate surface area is 185 Å². The molecular formula is C21H18F3NO4S2. The molecule has 1 aromatic carbocycles. The van der Waals surface area contributed by atoms with Gasteiger partial charge in [0.05, 0.1) is 10.5 Å². The molecule has 3 rings (SSSR count). The van der Waals surface area contributed by atoms with E-state index in [4.69, 9.17) is 21.7 Å². The average molecular weight is 470 g/mol. The van der Waals surface area contributed by atoms with Crippen molar-refractivity contribution in [1.82, 2.24) is 4.90 Å². The van der Waals surface area contributed by atoms with Gasteiger partial charge in [0.15, 0.2) is 0 Å². The van der Waals surface area contributed by atoms with Crippen molar-refractivity contribution in [3.63, 3.8) is 0 Å². The Morgan fingerprint density at radius 3 is 2.68 bits per heavy atom. The molecular weight excluding hydrogens is 451 g/mol. The van der Waals surface area contributed by atoms with Crippen molar-refractivity contribution >= 4 is 46.3 Å². The zero-order valence-electron chi connectivity index (χ0n) is 16.1. The summed E-state index contributed by atoms with van der Waals surface area (Å²) in [5.41, 5.74) is -0.490. The lowest BCUT2D eigenvalue weighted by molar-refractivity contribution is -0.138. The predicted molar refractivity (Wildman–Crippen MR) is 115 cm³/mol. The second-order valence-electron chi connectivity index (χ2n) is 6.82. The molecule has 1 amide bonds. The monoisotopic (exact) mass is 469 g/mol. The Morgan fingerprint density at radius 2 is 1.97 bits per heavy atom. The summed E-state index contributed by atoms with van der Waals surface area (Å²) in [5, 5.41) is 8.65. The van der Waals surface area contributed by atoms with E-state index in [-0.39, 0.29) is 23.7 Å². The van der Waals surface area contributed by atoms with E-state index >= 15 is 0 Å². The van der Waals surface area contributed by atoms with Crippen LogP contribution in [0.15, 0.2) is 45.7 Å². The van der Waals surface area contributed by atoms with Crippen LogP contribution in [0.3, 0.4) is 0 Å². The molecule has 31 heavy (non-hydrogen) atoms. The molecule has 1 fully saturated rings. The molecule has 1 N–H and O–H groups in total. The second kappa shape index (κ2) is 9.69. The number of aliphatic carboxylic acids is 1. The van der Waals surface area contributed by atoms with Crippen molar-refractivity contribution in [2.24, 2.45) is 0 Å². The summed E-state index contributed by atoms with van der Waals surface area (Å²) in [6.07, 6.45) is -1.02. The fraction of sp³-hybridized carbons (Fsp3) is 0.286. The van der Waals surface area contributed by atoms with E-state index in [1.54, 1.807) is 12.1 Å². The maximum absolute atomic E-state index is 12.9. The lowest BCUT2D eigenvalue weighted by Gasteiger charge is -2.13. The molecule has 0 radical (unpaired) electrons. The summed E-state index contributed by atoms with van der Waals surface area (Å²) in [4.78, 5) is 25.0. The zero-order valence-corrected chi connectivity index (χ0v) is 17.8. The van der Waals surface area contributed by atoms with Crippen molar-refractivity contribution in [1.29, 1.82) is 0 Å². The lowest BCUT2D eigenvalue weighted by Crippen LogP contribution is -2.29. The van der Waals surface area contributed by atoms with E-state index in [1.807, 2.05) is 0 Å². The fourth-order valence-electron chi connectivity index (χ4n) is 2.98. The first-order chi connectivity index (χ1) is 14.6. The predicted octanol–water partition coefficient (Wildman–Crippen LogP) is 5.81. The number of carboxylic acid groups (broad SMARTS) is 1. The lowest BCUT2D eigenvalue weighted by atomic mass is 10.1. The number of amides is 1. The number of furan rings is 1. The van der Waals surface area contributed by atoms with Gasteiger partial charge < -0.3 is 9.52 Å². The number of rotatable bonds is 8. The number of halogens is 3. The molecule has 0 aliphatic carbocycles. The van der Waals surface area contributed by atoms with Crippen LogP contribution in [0.4, 0.5) is 13.2 Å². The third-order valence-corrected chi connectivity index (χ3v) is 5.90. The number of thiocarbonyl (C=S) groups is 1. The SMILES string of the molecule is O=C(O)CCCCCN1C(=O)C(=Cc2ccc(-c3cccc(C(F)(F)F)c3)o2)SC1=S. The number of carbonyl (C=O) groups is 2. The first-order valence-corrected chi connectivity index (χ1v) is 10.6. The van der Waals surface area contributed by atoms with Crippen molar-refractivity contribution in [2.45, 2.75) is 31.9 Å². The third-order valence-electron chi connectivity index (χ3n) is 4.52. The van der Waals surface area contributed by atoms with Gasteiger partial charge in [-0.05, 0) is 37.1 Å². The molecule has 0 atom stereocenters. The highest BCUT2D eigenvalue weighted by Crippen LogP contribution is 2.35. The molecule has 2 aromatic rings. The first-order valence-electron chi connectivity index (χ1n) is 9.40. The molecule has 1 aliphatic heterocycles. The Morgan fingerprint density at radius 1 is 1.19 bits per heavy atom. The maximum Gasteiger partial charge on any atom is 0.416 e. The largest absolute Gasteiger partial charge is 0.481 e. The van der Waals surface area contributed by atoms with Gasteiger partial charge in [-0.2, -0.15) is 13.2 Å². The van der Waals surface area contributed by atoms with Crippen LogP contribution >= 0.6 is 24.0 Å². The normalized spacial score (nSPS) is 15.8. The van der Waals surface area contributed by atoms with Crippen LogP contribution in [0.2, 0.25) is 0 Å². The summed E-state index contributed by atoms with van der Waals surface area (Å²) < 4.78 is 44.8. The molecule has 0 saturated carbocycles. The Bertz CT molecular complexity index is 1030. The molecule has 0 unspecified atom stereocenters. The number of thioether (sulfide) groups is 1. The van der Waals surface area contributed by atoms with Crippen molar-refractivity contribution in [2.75, 3.05) is 6.54 Å². The van der Waals surface area contributed by atoms with Gasteiger partial charge in [0.25, 0.3) is 5.91 Å². The van der Waals surface area contributed by atoms with Gasteiger partial charge in [-0.1, -0.05) is 42.5 Å². The van der Waals surface area contributed by atoms with Gasteiger partial charge in [0, 0.05) is 24.6 Å². The molecule has 1 aliphatic rings. The minimum Gasteiger partial charge on any atom is -0.481 e. The van der Waals surface area contributed by atoms with E-state index in [1.165, 1.54) is 23.1 Å². The number of nitrogens with zero attached hydrogens (tertiary/aromatic N) is 1. The Hall–Kier alpha value is -2.59. The van der Waals surface area contributed by atoms with Crippen molar-refractivity contribution in [3.05, 3.63) is 52.6 Å². The molecule has 1 saturated heterocycles. The minimum atomic E-state index is -4.45. The first kappa shape index (κ1) is 23.1. The smallest absolute Gasteiger partial charge is 0.416 e. The van der Waals surface area contributed by atoms with Crippen LogP contribution < -0.4 is 0 Å². The summed E-state index contributed by atoms with van der Waals surface area (Å²) in [5.74, 6) is -0.539. The summed E-state index contributed by atoms with van der Waals surface area (Å²) in [6.45, 7) is 0.398. The zero-order chi connectivity index (χ0) is 22.6. The van der Waals surface area contributed by atoms with E-state index < -0.39 is 17.7 Å². The van der Waals surface area contributed by atoms with Crippen LogP contribution in [0.5, 0.6) is 0 Å². The number of carboxylic acids is 1. The third kappa shape index (κ3) is 5.98. The highest BCUT2D eigenvalue weighted by molar-refractivity contribution is 8.26. The van der Waals surface area contributed by atoms with E-state index in [9.17, 15) is 22.8 Å². The quantitative estimate of drug-likeness (QED) is 0.299. The van der Waals surface area contributed by atoms with Gasteiger partial charge in [0.2, 0.25) is 0 Å². The summed E-state index contributed by atoms with van der Waals surface area (Å²) >= 11 is 6.38. The van der Waals surface area contributed by atoms with Crippen molar-refractivity contribution < 1.29 is 32.3 Å². The molecule has 10 heteroatoms. The summed E-state index contributed by atoms with van der Waals surface area (Å²) in [7, 11) is 0. The van der Waals surface area contributed by atoms with Gasteiger partial charge in [-0.25, -0.2) is 0 Å². The molecule has 1 aromatic heterocycles. The molecule has 2 heterocycles. The molecule has 0 bridgehead atoms. The van der Waals surface area contributed by atoms with Gasteiger partial charge >= 0.3 is 12.1 Å². The van der Waals surface area contributed by atoms with Gasteiger partial charge in [-0.3, -0.25) is 14.5 Å². The van der Waals surface area contributed by atoms with E-state index in [2.05, 4.69) is 0 Å². The van der Waals surface area contributed by atoms with Gasteiger partial charge in [-0.15, -0.1) is 0 Å². The number of alkyl halides is 3. The van der Waals surface area contributed by atoms with Crippen LogP contribution in [0, 0.1) is 0 Å². The fourth-order valence-corrected chi connectivity index (χ4v) is 4.27. The van der Waals surface area contributed by atoms with Crippen LogP contribution in [-0.2, 0) is 15.8 Å². The standard InChI is InChI=1S/C21H18F3NO4S2/c22-21(23,24)14-6-4-5-13(11-14)16-9-8-15(29-16)12-17-19(28)25(20(30)31-17)10-3-1-2-7-18(26)27/h4-6,8-9,11-12H,1-3,7,10H2,(H,26,27). The van der Waals surface area contributed by atoms with Crippen molar-refractivity contribution in [3.8, 4) is 11.3 Å². The van der Waals surface area contributed by atoms with E-state index in [0.29, 0.717) is 40.8 Å². The molecule has 0 spiro atoms. The average Bonchev–Trinajstić information content (AvgIpc) is 3.27. The highest BCUT2D eigenvalue weighted by atomic mass is 32.2. The molecule has 164 valence electrons. The number of hydrogen-bond acceptors (Lipinski definition) is 5. The van der Waals surface area contributed by atoms with E-state index in [0.717, 1.165) is 23.9 Å². The highest BCUT2D eigenvalue weighted by Gasteiger charge is 2.32. The number of hydrogen-bond donors (Lipinski definition) is 1. The maximum atomic E-state index is 12.9. The number of benzene rings is 1. The van der Waals surface area contributed by atoms with Crippen LogP contribution in [-0.4, -0.2) is 32.7 Å². The Kier molecular flexibility index (Phi) is 7.22. The number of unbranched alkanes of at least 4 members (excludes halogenated alkanes) is 2. The second-order valence-corrected chi connectivity index (χ2v) is 8.49. The Balaban J connectivity index is 1.67. The topological polar surface area (TPSA) is 70.8 Å². The molecule has 5 nitrogen and oxygen atoms in total. The van der Waals surface area contributed by atoms with Gasteiger partial charge in [0.1, 0.15) is 15.8 Å².